The first-order valence-electron chi connectivity index (χ1n) is 10.9. The van der Waals surface area contributed by atoms with E-state index in [2.05, 4.69) is 9.88 Å². The zero-order valence-corrected chi connectivity index (χ0v) is 17.9. The summed E-state index contributed by atoms with van der Waals surface area (Å²) in [6.45, 7) is 3.68. The van der Waals surface area contributed by atoms with Crippen molar-refractivity contribution in [2.24, 2.45) is 11.3 Å². The molecule has 178 valence electrons. The van der Waals surface area contributed by atoms with Crippen molar-refractivity contribution < 1.29 is 37.3 Å². The lowest BCUT2D eigenvalue weighted by Crippen LogP contribution is -2.58. The first kappa shape index (κ1) is 24.4. The van der Waals surface area contributed by atoms with E-state index in [4.69, 9.17) is 19.4 Å². The predicted octanol–water partition coefficient (Wildman–Crippen LogP) is 3.43. The summed E-state index contributed by atoms with van der Waals surface area (Å²) in [6.07, 6.45) is 5.02. The van der Waals surface area contributed by atoms with Gasteiger partial charge in [0.25, 0.3) is 0 Å². The molecule has 0 spiro atoms. The van der Waals surface area contributed by atoms with Crippen LogP contribution < -0.4 is 0 Å². The molecule has 10 heteroatoms. The molecule has 1 aliphatic carbocycles. The van der Waals surface area contributed by atoms with Gasteiger partial charge in [-0.3, -0.25) is 9.78 Å². The van der Waals surface area contributed by atoms with E-state index < -0.39 is 12.1 Å². The number of carbonyl (C=O) groups is 2. The number of nitrogens with zero attached hydrogens (tertiary/aromatic N) is 2. The average molecular weight is 458 g/mol. The molecule has 2 saturated heterocycles. The molecule has 32 heavy (non-hydrogen) atoms. The van der Waals surface area contributed by atoms with Crippen LogP contribution in [0.5, 0.6) is 0 Å². The van der Waals surface area contributed by atoms with Crippen molar-refractivity contribution in [1.29, 1.82) is 0 Å². The zero-order valence-electron chi connectivity index (χ0n) is 17.9. The van der Waals surface area contributed by atoms with Gasteiger partial charge in [-0.25, -0.2) is 4.79 Å². The smallest absolute Gasteiger partial charge is 0.475 e. The molecular weight excluding hydrogens is 429 g/mol. The van der Waals surface area contributed by atoms with E-state index in [1.54, 1.807) is 6.20 Å². The van der Waals surface area contributed by atoms with Crippen molar-refractivity contribution in [3.63, 3.8) is 0 Å². The highest BCUT2D eigenvalue weighted by Gasteiger charge is 2.47. The second kappa shape index (κ2) is 10.6. The topological polar surface area (TPSA) is 89.0 Å². The molecule has 3 fully saturated rings. The molecular formula is C22H29F3N2O5. The van der Waals surface area contributed by atoms with Gasteiger partial charge in [0.15, 0.2) is 0 Å². The Hall–Kier alpha value is -2.20. The van der Waals surface area contributed by atoms with Crippen LogP contribution in [-0.4, -0.2) is 65.5 Å². The summed E-state index contributed by atoms with van der Waals surface area (Å²) in [5.41, 5.74) is 1.04. The molecule has 1 aromatic heterocycles. The lowest BCUT2D eigenvalue weighted by Gasteiger charge is -2.50. The number of halogens is 3. The number of likely N-dealkylation sites (tertiary alicyclic amines) is 1. The largest absolute Gasteiger partial charge is 0.490 e. The van der Waals surface area contributed by atoms with E-state index in [1.165, 1.54) is 12.8 Å². The molecule has 0 aromatic carbocycles. The third kappa shape index (κ3) is 6.90. The molecule has 7 nitrogen and oxygen atoms in total. The van der Waals surface area contributed by atoms with Gasteiger partial charge in [0, 0.05) is 43.9 Å². The number of carboxylic acid groups (broad SMARTS) is 1. The Balaban J connectivity index is 0.000000360. The first-order chi connectivity index (χ1) is 15.2. The van der Waals surface area contributed by atoms with Crippen LogP contribution in [0.1, 0.15) is 44.1 Å². The normalized spacial score (nSPS) is 25.3. The van der Waals surface area contributed by atoms with Crippen molar-refractivity contribution in [3.05, 3.63) is 30.1 Å². The van der Waals surface area contributed by atoms with Crippen LogP contribution in [0.3, 0.4) is 0 Å². The molecule has 1 N–H and O–H groups in total. The number of fused-ring (bicyclic) bond motifs is 1. The van der Waals surface area contributed by atoms with Gasteiger partial charge in [0.1, 0.15) is 0 Å². The molecule has 3 heterocycles. The summed E-state index contributed by atoms with van der Waals surface area (Å²) in [4.78, 5) is 27.7. The van der Waals surface area contributed by atoms with Crippen LogP contribution in [0.15, 0.2) is 24.5 Å². The SMILES string of the molecule is O=C(CC1CC1)N1CCC2OCCCC2(COCc2cccnc2)C1.O=C(O)C(F)(F)F. The maximum atomic E-state index is 12.6. The molecule has 1 amide bonds. The maximum Gasteiger partial charge on any atom is 0.490 e. The summed E-state index contributed by atoms with van der Waals surface area (Å²) in [7, 11) is 0. The van der Waals surface area contributed by atoms with Crippen molar-refractivity contribution >= 4 is 11.9 Å². The molecule has 4 rings (SSSR count). The Bertz CT molecular complexity index is 773. The van der Waals surface area contributed by atoms with Gasteiger partial charge in [0.2, 0.25) is 5.91 Å². The number of aliphatic carboxylic acids is 1. The van der Waals surface area contributed by atoms with Crippen molar-refractivity contribution in [2.75, 3.05) is 26.3 Å². The molecule has 0 radical (unpaired) electrons. The number of pyridine rings is 1. The Labute approximate surface area is 184 Å². The number of rotatable bonds is 6. The standard InChI is InChI=1S/C20H28N2O3.C2HF3O2/c23-19(11-16-4-5-16)22-9-6-18-20(14-22,7-2-10-25-18)15-24-13-17-3-1-8-21-12-17;3-2(4,5)1(6)7/h1,3,8,12,16,18H,2,4-7,9-11,13-15H2;(H,6,7). The number of amides is 1. The van der Waals surface area contributed by atoms with Crippen molar-refractivity contribution in [3.8, 4) is 0 Å². The molecule has 1 aromatic rings. The third-order valence-corrected chi connectivity index (χ3v) is 6.12. The van der Waals surface area contributed by atoms with E-state index in [-0.39, 0.29) is 11.5 Å². The minimum absolute atomic E-state index is 0.0437. The Morgan fingerprint density at radius 2 is 2.06 bits per heavy atom. The van der Waals surface area contributed by atoms with E-state index in [0.717, 1.165) is 50.9 Å². The number of piperidine rings is 1. The predicted molar refractivity (Wildman–Crippen MR) is 108 cm³/mol. The first-order valence-corrected chi connectivity index (χ1v) is 10.9. The van der Waals surface area contributed by atoms with Crippen molar-refractivity contribution in [1.82, 2.24) is 9.88 Å². The fraction of sp³-hybridized carbons (Fsp3) is 0.682. The zero-order chi connectivity index (χ0) is 23.2. The van der Waals surface area contributed by atoms with Crippen LogP contribution in [0.2, 0.25) is 0 Å². The summed E-state index contributed by atoms with van der Waals surface area (Å²) in [6, 6.07) is 3.97. The molecule has 2 atom stereocenters. The van der Waals surface area contributed by atoms with Gasteiger partial charge in [-0.2, -0.15) is 13.2 Å². The summed E-state index contributed by atoms with van der Waals surface area (Å²) in [5, 5.41) is 7.12. The average Bonchev–Trinajstić information content (AvgIpc) is 3.58. The van der Waals surface area contributed by atoms with Gasteiger partial charge in [-0.1, -0.05) is 6.07 Å². The minimum atomic E-state index is -5.08. The number of alkyl halides is 3. The Kier molecular flexibility index (Phi) is 8.10. The Morgan fingerprint density at radius 3 is 2.69 bits per heavy atom. The Morgan fingerprint density at radius 1 is 1.31 bits per heavy atom. The number of carboxylic acids is 1. The molecule has 3 aliphatic rings. The van der Waals surface area contributed by atoms with Crippen LogP contribution in [0.25, 0.3) is 0 Å². The molecule has 0 bridgehead atoms. The number of hydrogen-bond acceptors (Lipinski definition) is 5. The number of hydrogen-bond donors (Lipinski definition) is 1. The highest BCUT2D eigenvalue weighted by atomic mass is 19.4. The van der Waals surface area contributed by atoms with Crippen LogP contribution in [0, 0.1) is 11.3 Å². The molecule has 2 unspecified atom stereocenters. The van der Waals surface area contributed by atoms with Gasteiger partial charge in [0.05, 0.1) is 19.3 Å². The minimum Gasteiger partial charge on any atom is -0.475 e. The van der Waals surface area contributed by atoms with Crippen molar-refractivity contribution in [2.45, 2.75) is 57.4 Å². The number of carbonyl (C=O) groups excluding carboxylic acids is 1. The van der Waals surface area contributed by atoms with Gasteiger partial charge in [-0.15, -0.1) is 0 Å². The van der Waals surface area contributed by atoms with E-state index in [1.807, 2.05) is 18.3 Å². The maximum absolute atomic E-state index is 12.6. The fourth-order valence-electron chi connectivity index (χ4n) is 4.27. The van der Waals surface area contributed by atoms with Gasteiger partial charge >= 0.3 is 12.1 Å². The third-order valence-electron chi connectivity index (χ3n) is 6.12. The molecule has 2 aliphatic heterocycles. The summed E-state index contributed by atoms with van der Waals surface area (Å²) < 4.78 is 43.9. The van der Waals surface area contributed by atoms with E-state index >= 15 is 0 Å². The second-order valence-corrected chi connectivity index (χ2v) is 8.73. The lowest BCUT2D eigenvalue weighted by molar-refractivity contribution is -0.192. The highest BCUT2D eigenvalue weighted by Crippen LogP contribution is 2.41. The van der Waals surface area contributed by atoms with Crippen LogP contribution in [-0.2, 0) is 25.7 Å². The lowest BCUT2D eigenvalue weighted by atomic mass is 9.73. The second-order valence-electron chi connectivity index (χ2n) is 8.73. The van der Waals surface area contributed by atoms with Crippen LogP contribution >= 0.6 is 0 Å². The quantitative estimate of drug-likeness (QED) is 0.703. The monoisotopic (exact) mass is 458 g/mol. The number of ether oxygens (including phenoxy) is 2. The summed E-state index contributed by atoms with van der Waals surface area (Å²) >= 11 is 0. The van der Waals surface area contributed by atoms with Gasteiger partial charge in [-0.05, 0) is 49.7 Å². The van der Waals surface area contributed by atoms with E-state index in [9.17, 15) is 18.0 Å². The fourth-order valence-corrected chi connectivity index (χ4v) is 4.27. The molecule has 1 saturated carbocycles. The number of aromatic nitrogens is 1. The van der Waals surface area contributed by atoms with Gasteiger partial charge < -0.3 is 19.5 Å². The van der Waals surface area contributed by atoms with Crippen LogP contribution in [0.4, 0.5) is 13.2 Å². The van der Waals surface area contributed by atoms with E-state index in [0.29, 0.717) is 25.0 Å². The highest BCUT2D eigenvalue weighted by molar-refractivity contribution is 5.77. The summed E-state index contributed by atoms with van der Waals surface area (Å²) in [5.74, 6) is -1.78.